The van der Waals surface area contributed by atoms with Crippen molar-refractivity contribution < 1.29 is 0 Å². The Balaban J connectivity index is 2.14. The number of rotatable bonds is 4. The van der Waals surface area contributed by atoms with Crippen molar-refractivity contribution >= 4 is 5.69 Å². The number of hydrogen-bond acceptors (Lipinski definition) is 2. The number of benzene rings is 2. The Morgan fingerprint density at radius 1 is 1.00 bits per heavy atom. The van der Waals surface area contributed by atoms with Gasteiger partial charge in [-0.3, -0.25) is 0 Å². The predicted octanol–water partition coefficient (Wildman–Crippen LogP) is 3.73. The van der Waals surface area contributed by atoms with E-state index in [2.05, 4.69) is 30.4 Å². The second kappa shape index (κ2) is 5.88. The minimum atomic E-state index is 0.681. The van der Waals surface area contributed by atoms with Crippen LogP contribution < -0.4 is 5.32 Å². The SMILES string of the molecule is CCc1ccccc1NCc1ccccc1C#N. The summed E-state index contributed by atoms with van der Waals surface area (Å²) >= 11 is 0. The first-order chi connectivity index (χ1) is 8.85. The number of nitriles is 1. The van der Waals surface area contributed by atoms with E-state index >= 15 is 0 Å². The Hall–Kier alpha value is -2.27. The summed E-state index contributed by atoms with van der Waals surface area (Å²) in [4.78, 5) is 0. The number of aryl methyl sites for hydroxylation is 1. The molecule has 0 atom stereocenters. The van der Waals surface area contributed by atoms with E-state index < -0.39 is 0 Å². The van der Waals surface area contributed by atoms with E-state index in [0.29, 0.717) is 6.54 Å². The highest BCUT2D eigenvalue weighted by atomic mass is 14.9. The summed E-state index contributed by atoms with van der Waals surface area (Å²) in [6.45, 7) is 2.82. The maximum Gasteiger partial charge on any atom is 0.0995 e. The molecular formula is C16H16N2. The summed E-state index contributed by atoms with van der Waals surface area (Å²) in [7, 11) is 0. The average Bonchev–Trinajstić information content (AvgIpc) is 2.45. The van der Waals surface area contributed by atoms with Crippen LogP contribution in [0.25, 0.3) is 0 Å². The molecule has 0 spiro atoms. The van der Waals surface area contributed by atoms with Gasteiger partial charge in [-0.1, -0.05) is 43.3 Å². The monoisotopic (exact) mass is 236 g/mol. The lowest BCUT2D eigenvalue weighted by Gasteiger charge is -2.11. The van der Waals surface area contributed by atoms with Crippen LogP contribution in [0, 0.1) is 11.3 Å². The van der Waals surface area contributed by atoms with Crippen molar-refractivity contribution in [3.63, 3.8) is 0 Å². The van der Waals surface area contributed by atoms with E-state index in [4.69, 9.17) is 5.26 Å². The Morgan fingerprint density at radius 3 is 2.39 bits per heavy atom. The van der Waals surface area contributed by atoms with Gasteiger partial charge in [0, 0.05) is 12.2 Å². The quantitative estimate of drug-likeness (QED) is 0.878. The summed E-state index contributed by atoms with van der Waals surface area (Å²) < 4.78 is 0. The van der Waals surface area contributed by atoms with Gasteiger partial charge in [-0.15, -0.1) is 0 Å². The second-order valence-electron chi connectivity index (χ2n) is 4.13. The fourth-order valence-corrected chi connectivity index (χ4v) is 1.98. The Bertz CT molecular complexity index is 567. The maximum atomic E-state index is 9.04. The van der Waals surface area contributed by atoms with Crippen molar-refractivity contribution in [3.05, 3.63) is 65.2 Å². The molecule has 0 aliphatic heterocycles. The van der Waals surface area contributed by atoms with E-state index in [1.807, 2.05) is 36.4 Å². The summed E-state index contributed by atoms with van der Waals surface area (Å²) in [5.41, 5.74) is 4.21. The van der Waals surface area contributed by atoms with Crippen LogP contribution in [0.1, 0.15) is 23.6 Å². The molecule has 0 fully saturated rings. The highest BCUT2D eigenvalue weighted by Crippen LogP contribution is 2.17. The van der Waals surface area contributed by atoms with E-state index in [1.165, 1.54) is 5.56 Å². The molecule has 1 N–H and O–H groups in total. The topological polar surface area (TPSA) is 35.8 Å². The first-order valence-electron chi connectivity index (χ1n) is 6.15. The zero-order valence-electron chi connectivity index (χ0n) is 10.5. The first-order valence-corrected chi connectivity index (χ1v) is 6.15. The predicted molar refractivity (Wildman–Crippen MR) is 74.3 cm³/mol. The third-order valence-electron chi connectivity index (χ3n) is 3.01. The lowest BCUT2D eigenvalue weighted by Crippen LogP contribution is -2.03. The van der Waals surface area contributed by atoms with Crippen LogP contribution in [0.4, 0.5) is 5.69 Å². The Labute approximate surface area is 108 Å². The number of para-hydroxylation sites is 1. The first kappa shape index (κ1) is 12.2. The third kappa shape index (κ3) is 2.70. The van der Waals surface area contributed by atoms with Crippen molar-refractivity contribution in [3.8, 4) is 6.07 Å². The van der Waals surface area contributed by atoms with E-state index in [1.54, 1.807) is 0 Å². The Kier molecular flexibility index (Phi) is 3.98. The van der Waals surface area contributed by atoms with Crippen molar-refractivity contribution in [1.29, 1.82) is 5.26 Å². The van der Waals surface area contributed by atoms with Gasteiger partial charge in [0.2, 0.25) is 0 Å². The van der Waals surface area contributed by atoms with Crippen LogP contribution in [0.15, 0.2) is 48.5 Å². The van der Waals surface area contributed by atoms with Crippen LogP contribution in [0.2, 0.25) is 0 Å². The third-order valence-corrected chi connectivity index (χ3v) is 3.01. The minimum Gasteiger partial charge on any atom is -0.381 e. The maximum absolute atomic E-state index is 9.04. The van der Waals surface area contributed by atoms with Crippen molar-refractivity contribution in [2.45, 2.75) is 19.9 Å². The van der Waals surface area contributed by atoms with Gasteiger partial charge in [0.05, 0.1) is 11.6 Å². The van der Waals surface area contributed by atoms with Crippen molar-refractivity contribution in [2.24, 2.45) is 0 Å². The fourth-order valence-electron chi connectivity index (χ4n) is 1.98. The lowest BCUT2D eigenvalue weighted by molar-refractivity contribution is 1.09. The molecular weight excluding hydrogens is 220 g/mol. The smallest absolute Gasteiger partial charge is 0.0995 e. The molecule has 0 saturated heterocycles. The molecule has 2 nitrogen and oxygen atoms in total. The van der Waals surface area contributed by atoms with Crippen LogP contribution in [0.3, 0.4) is 0 Å². The molecule has 18 heavy (non-hydrogen) atoms. The average molecular weight is 236 g/mol. The van der Waals surface area contributed by atoms with Gasteiger partial charge < -0.3 is 5.32 Å². The highest BCUT2D eigenvalue weighted by molar-refractivity contribution is 5.52. The zero-order chi connectivity index (χ0) is 12.8. The molecule has 2 heteroatoms. The van der Waals surface area contributed by atoms with E-state index in [0.717, 1.165) is 23.2 Å². The molecule has 2 aromatic rings. The number of nitrogens with zero attached hydrogens (tertiary/aromatic N) is 1. The van der Waals surface area contributed by atoms with Crippen LogP contribution >= 0.6 is 0 Å². The number of anilines is 1. The molecule has 0 aliphatic rings. The molecule has 0 aliphatic carbocycles. The molecule has 0 unspecified atom stereocenters. The van der Waals surface area contributed by atoms with Gasteiger partial charge in [0.1, 0.15) is 0 Å². The molecule has 2 aromatic carbocycles. The van der Waals surface area contributed by atoms with Crippen molar-refractivity contribution in [2.75, 3.05) is 5.32 Å². The van der Waals surface area contributed by atoms with E-state index in [-0.39, 0.29) is 0 Å². The lowest BCUT2D eigenvalue weighted by atomic mass is 10.1. The summed E-state index contributed by atoms with van der Waals surface area (Å²) in [6, 6.07) is 18.2. The molecule has 0 aromatic heterocycles. The molecule has 0 amide bonds. The normalized spacial score (nSPS) is 9.78. The molecule has 0 bridgehead atoms. The molecule has 2 rings (SSSR count). The van der Waals surface area contributed by atoms with Gasteiger partial charge in [0.15, 0.2) is 0 Å². The zero-order valence-corrected chi connectivity index (χ0v) is 10.5. The molecule has 0 radical (unpaired) electrons. The minimum absolute atomic E-state index is 0.681. The number of hydrogen-bond donors (Lipinski definition) is 1. The van der Waals surface area contributed by atoms with Gasteiger partial charge in [-0.2, -0.15) is 5.26 Å². The molecule has 90 valence electrons. The fraction of sp³-hybridized carbons (Fsp3) is 0.188. The summed E-state index contributed by atoms with van der Waals surface area (Å²) in [6.07, 6.45) is 1.00. The van der Waals surface area contributed by atoms with Crippen LogP contribution in [-0.2, 0) is 13.0 Å². The second-order valence-corrected chi connectivity index (χ2v) is 4.13. The van der Waals surface area contributed by atoms with Crippen molar-refractivity contribution in [1.82, 2.24) is 0 Å². The summed E-state index contributed by atoms with van der Waals surface area (Å²) in [5, 5.41) is 12.4. The van der Waals surface area contributed by atoms with Crippen LogP contribution in [0.5, 0.6) is 0 Å². The highest BCUT2D eigenvalue weighted by Gasteiger charge is 2.02. The van der Waals surface area contributed by atoms with Gasteiger partial charge >= 0.3 is 0 Å². The number of nitrogens with one attached hydrogen (secondary N) is 1. The van der Waals surface area contributed by atoms with Crippen LogP contribution in [-0.4, -0.2) is 0 Å². The van der Waals surface area contributed by atoms with E-state index in [9.17, 15) is 0 Å². The van der Waals surface area contributed by atoms with Gasteiger partial charge in [-0.05, 0) is 29.7 Å². The largest absolute Gasteiger partial charge is 0.381 e. The van der Waals surface area contributed by atoms with Gasteiger partial charge in [0.25, 0.3) is 0 Å². The molecule has 0 saturated carbocycles. The summed E-state index contributed by atoms with van der Waals surface area (Å²) in [5.74, 6) is 0. The van der Waals surface area contributed by atoms with Gasteiger partial charge in [-0.25, -0.2) is 0 Å². The molecule has 0 heterocycles. The Morgan fingerprint density at radius 2 is 1.67 bits per heavy atom. The standard InChI is InChI=1S/C16H16N2/c1-2-13-7-5-6-10-16(13)18-12-15-9-4-3-8-14(15)11-17/h3-10,18H,2,12H2,1H3.